The summed E-state index contributed by atoms with van der Waals surface area (Å²) in [5.41, 5.74) is 0.00995. The molecule has 2 aromatic rings. The van der Waals surface area contributed by atoms with Gasteiger partial charge in [-0.15, -0.1) is 0 Å². The smallest absolute Gasteiger partial charge is 0.266 e. The molecule has 0 bridgehead atoms. The largest absolute Gasteiger partial charge is 0.297 e. The number of nitriles is 1. The summed E-state index contributed by atoms with van der Waals surface area (Å²) >= 11 is 1.85. The Kier molecular flexibility index (Phi) is 4.74. The lowest BCUT2D eigenvalue weighted by Gasteiger charge is -2.07. The molecular formula is C13H10IN3O3S. The van der Waals surface area contributed by atoms with Gasteiger partial charge in [-0.1, -0.05) is 6.07 Å². The van der Waals surface area contributed by atoms with Crippen molar-refractivity contribution in [3.05, 3.63) is 56.3 Å². The van der Waals surface area contributed by atoms with Crippen LogP contribution in [0.3, 0.4) is 0 Å². The third kappa shape index (κ3) is 3.68. The lowest BCUT2D eigenvalue weighted by Crippen LogP contribution is -2.26. The number of hydrogen-bond acceptors (Lipinski definition) is 5. The van der Waals surface area contributed by atoms with Crippen LogP contribution in [0.1, 0.15) is 5.56 Å². The van der Waals surface area contributed by atoms with E-state index in [-0.39, 0.29) is 28.3 Å². The topological polar surface area (TPSA) is 92.8 Å². The van der Waals surface area contributed by atoms with E-state index in [2.05, 4.69) is 4.98 Å². The maximum Gasteiger partial charge on any atom is 0.266 e. The van der Waals surface area contributed by atoms with E-state index in [1.54, 1.807) is 0 Å². The van der Waals surface area contributed by atoms with E-state index in [0.717, 1.165) is 0 Å². The summed E-state index contributed by atoms with van der Waals surface area (Å²) in [5, 5.41) is 8.80. The minimum absolute atomic E-state index is 0.0157. The molecule has 0 fully saturated rings. The highest BCUT2D eigenvalue weighted by Gasteiger charge is 2.15. The second-order valence-corrected chi connectivity index (χ2v) is 7.47. The van der Waals surface area contributed by atoms with Crippen molar-refractivity contribution in [2.45, 2.75) is 11.4 Å². The number of halogens is 1. The average molecular weight is 415 g/mol. The second-order valence-electron chi connectivity index (χ2n) is 4.20. The molecule has 1 aromatic heterocycles. The monoisotopic (exact) mass is 415 g/mol. The molecule has 1 aromatic carbocycles. The highest BCUT2D eigenvalue weighted by atomic mass is 127. The Balaban J connectivity index is 2.24. The normalized spacial score (nSPS) is 11.0. The van der Waals surface area contributed by atoms with Crippen LogP contribution in [0.2, 0.25) is 0 Å². The molecule has 0 spiro atoms. The van der Waals surface area contributed by atoms with Crippen LogP contribution in [0.5, 0.6) is 0 Å². The summed E-state index contributed by atoms with van der Waals surface area (Å²) in [6.45, 7) is 0.0157. The van der Waals surface area contributed by atoms with Gasteiger partial charge in [0.15, 0.2) is 9.84 Å². The first-order valence-electron chi connectivity index (χ1n) is 5.87. The van der Waals surface area contributed by atoms with E-state index in [9.17, 15) is 13.2 Å². The fourth-order valence-corrected chi connectivity index (χ4v) is 3.41. The number of sulfone groups is 1. The molecule has 0 unspecified atom stereocenters. The maximum absolute atomic E-state index is 12.2. The summed E-state index contributed by atoms with van der Waals surface area (Å²) in [6, 6.07) is 7.71. The molecule has 0 aliphatic rings. The molecule has 0 aliphatic carbocycles. The van der Waals surface area contributed by atoms with Crippen molar-refractivity contribution in [1.29, 1.82) is 5.26 Å². The van der Waals surface area contributed by atoms with Crippen LogP contribution in [0.25, 0.3) is 0 Å². The molecule has 0 N–H and O–H groups in total. The van der Waals surface area contributed by atoms with E-state index in [1.807, 2.05) is 28.7 Å². The van der Waals surface area contributed by atoms with Gasteiger partial charge in [0.05, 0.1) is 32.2 Å². The fraction of sp³-hybridized carbons (Fsp3) is 0.154. The molecule has 8 heteroatoms. The van der Waals surface area contributed by atoms with Gasteiger partial charge < -0.3 is 0 Å². The zero-order valence-corrected chi connectivity index (χ0v) is 13.7. The SMILES string of the molecule is N#Cc1cccc(S(=O)(=O)CCn2cncc(I)c2=O)c1. The van der Waals surface area contributed by atoms with Gasteiger partial charge in [-0.05, 0) is 40.8 Å². The number of benzene rings is 1. The van der Waals surface area contributed by atoms with Gasteiger partial charge in [0.1, 0.15) is 0 Å². The third-order valence-electron chi connectivity index (χ3n) is 2.78. The van der Waals surface area contributed by atoms with Crippen LogP contribution in [-0.2, 0) is 16.4 Å². The van der Waals surface area contributed by atoms with E-state index in [0.29, 0.717) is 3.57 Å². The number of rotatable bonds is 4. The molecule has 0 atom stereocenters. The Morgan fingerprint density at radius 1 is 1.38 bits per heavy atom. The van der Waals surface area contributed by atoms with Crippen LogP contribution in [0, 0.1) is 14.9 Å². The second kappa shape index (κ2) is 6.36. The van der Waals surface area contributed by atoms with Crippen molar-refractivity contribution in [1.82, 2.24) is 9.55 Å². The van der Waals surface area contributed by atoms with Gasteiger partial charge in [-0.3, -0.25) is 9.36 Å². The van der Waals surface area contributed by atoms with Crippen molar-refractivity contribution in [2.75, 3.05) is 5.75 Å². The first-order chi connectivity index (χ1) is 9.94. The maximum atomic E-state index is 12.2. The Morgan fingerprint density at radius 3 is 2.86 bits per heavy atom. The first-order valence-corrected chi connectivity index (χ1v) is 8.60. The van der Waals surface area contributed by atoms with Crippen LogP contribution >= 0.6 is 22.6 Å². The minimum Gasteiger partial charge on any atom is -0.297 e. The standard InChI is InChI=1S/C13H10IN3O3S/c14-12-8-16-9-17(13(12)18)4-5-21(19,20)11-3-1-2-10(6-11)7-15/h1-3,6,8-9H,4-5H2. The van der Waals surface area contributed by atoms with Crippen LogP contribution in [0.4, 0.5) is 0 Å². The summed E-state index contributed by atoms with van der Waals surface area (Å²) in [7, 11) is -3.56. The molecular weight excluding hydrogens is 405 g/mol. The minimum atomic E-state index is -3.56. The number of hydrogen-bond donors (Lipinski definition) is 0. The van der Waals surface area contributed by atoms with Crippen molar-refractivity contribution >= 4 is 32.4 Å². The predicted molar refractivity (Wildman–Crippen MR) is 84.4 cm³/mol. The lowest BCUT2D eigenvalue weighted by atomic mass is 10.2. The summed E-state index contributed by atoms with van der Waals surface area (Å²) in [4.78, 5) is 15.7. The van der Waals surface area contributed by atoms with Gasteiger partial charge in [-0.25, -0.2) is 13.4 Å². The Labute approximate surface area is 135 Å². The number of aryl methyl sites for hydroxylation is 1. The van der Waals surface area contributed by atoms with Crippen molar-refractivity contribution in [3.63, 3.8) is 0 Å². The average Bonchev–Trinajstić information content (AvgIpc) is 2.49. The summed E-state index contributed by atoms with van der Waals surface area (Å²) in [5.74, 6) is -0.233. The van der Waals surface area contributed by atoms with Gasteiger partial charge in [0.25, 0.3) is 5.56 Å². The van der Waals surface area contributed by atoms with Gasteiger partial charge >= 0.3 is 0 Å². The Morgan fingerprint density at radius 2 is 2.14 bits per heavy atom. The van der Waals surface area contributed by atoms with Crippen molar-refractivity contribution < 1.29 is 8.42 Å². The van der Waals surface area contributed by atoms with E-state index >= 15 is 0 Å². The molecule has 0 amide bonds. The van der Waals surface area contributed by atoms with E-state index in [1.165, 1.54) is 41.4 Å². The van der Waals surface area contributed by atoms with E-state index in [4.69, 9.17) is 5.26 Å². The quantitative estimate of drug-likeness (QED) is 0.700. The molecule has 2 rings (SSSR count). The molecule has 0 saturated heterocycles. The Hall–Kier alpha value is -1.73. The summed E-state index contributed by atoms with van der Waals surface area (Å²) < 4.78 is 26.1. The molecule has 0 saturated carbocycles. The lowest BCUT2D eigenvalue weighted by molar-refractivity contribution is 0.586. The molecule has 6 nitrogen and oxygen atoms in total. The van der Waals surface area contributed by atoms with Crippen LogP contribution in [0.15, 0.2) is 46.5 Å². The van der Waals surface area contributed by atoms with Crippen molar-refractivity contribution in [3.8, 4) is 6.07 Å². The predicted octanol–water partition coefficient (Wildman–Crippen LogP) is 1.19. The molecule has 108 valence electrons. The van der Waals surface area contributed by atoms with Gasteiger partial charge in [0, 0.05) is 12.7 Å². The zero-order chi connectivity index (χ0) is 15.5. The number of nitrogens with zero attached hydrogens (tertiary/aromatic N) is 3. The van der Waals surface area contributed by atoms with Crippen LogP contribution in [-0.4, -0.2) is 23.7 Å². The molecule has 21 heavy (non-hydrogen) atoms. The van der Waals surface area contributed by atoms with Gasteiger partial charge in [0.2, 0.25) is 0 Å². The van der Waals surface area contributed by atoms with Crippen molar-refractivity contribution in [2.24, 2.45) is 0 Å². The Bertz CT molecular complexity index is 869. The molecule has 1 heterocycles. The zero-order valence-electron chi connectivity index (χ0n) is 10.7. The highest BCUT2D eigenvalue weighted by molar-refractivity contribution is 14.1. The molecule has 0 aliphatic heterocycles. The fourth-order valence-electron chi connectivity index (χ4n) is 1.68. The number of aromatic nitrogens is 2. The van der Waals surface area contributed by atoms with Crippen LogP contribution < -0.4 is 5.56 Å². The summed E-state index contributed by atoms with van der Waals surface area (Å²) in [6.07, 6.45) is 2.73. The molecule has 0 radical (unpaired) electrons. The van der Waals surface area contributed by atoms with Gasteiger partial charge in [-0.2, -0.15) is 5.26 Å². The highest BCUT2D eigenvalue weighted by Crippen LogP contribution is 2.13. The van der Waals surface area contributed by atoms with E-state index < -0.39 is 9.84 Å². The third-order valence-corrected chi connectivity index (χ3v) is 5.21. The first kappa shape index (κ1) is 15.7.